The molecule has 1 fully saturated rings. The van der Waals surface area contributed by atoms with Crippen LogP contribution in [0.5, 0.6) is 0 Å². The molecule has 1 amide bonds. The number of hydrogen-bond acceptors (Lipinski definition) is 4. The van der Waals surface area contributed by atoms with Crippen LogP contribution in [-0.2, 0) is 9.57 Å². The molecule has 1 rings (SSSR count). The fourth-order valence-corrected chi connectivity index (χ4v) is 1.96. The summed E-state index contributed by atoms with van der Waals surface area (Å²) in [4.78, 5) is 18.2. The number of ether oxygens (including phenoxy) is 1. The lowest BCUT2D eigenvalue weighted by atomic mass is 10.1. The number of carbonyl (C=O) groups excluding carboxylic acids is 1. The molecule has 1 saturated heterocycles. The Labute approximate surface area is 96.8 Å². The molecule has 0 aromatic rings. The largest absolute Gasteiger partial charge is 0.444 e. The lowest BCUT2D eigenvalue weighted by Gasteiger charge is -2.28. The summed E-state index contributed by atoms with van der Waals surface area (Å²) in [6.45, 7) is 8.76. The Hall–Kier alpha value is -0.810. The van der Waals surface area contributed by atoms with Gasteiger partial charge in [0, 0.05) is 6.54 Å². The van der Waals surface area contributed by atoms with Gasteiger partial charge in [-0.25, -0.2) is 10.7 Å². The van der Waals surface area contributed by atoms with Crippen molar-refractivity contribution >= 4 is 6.09 Å². The van der Waals surface area contributed by atoms with E-state index in [4.69, 9.17) is 10.6 Å². The molecule has 0 radical (unpaired) electrons. The van der Waals surface area contributed by atoms with E-state index in [0.29, 0.717) is 19.1 Å². The van der Waals surface area contributed by atoms with E-state index in [1.807, 2.05) is 20.8 Å². The summed E-state index contributed by atoms with van der Waals surface area (Å²) in [5.41, 5.74) is -0.461. The van der Waals surface area contributed by atoms with Gasteiger partial charge in [-0.05, 0) is 33.1 Å². The second-order valence-electron chi connectivity index (χ2n) is 5.46. The smallest absolute Gasteiger partial charge is 0.410 e. The summed E-state index contributed by atoms with van der Waals surface area (Å²) in [6.07, 6.45) is 0.634. The number of carbonyl (C=O) groups is 1. The highest BCUT2D eigenvalue weighted by Crippen LogP contribution is 2.24. The van der Waals surface area contributed by atoms with Gasteiger partial charge in [0.1, 0.15) is 5.60 Å². The van der Waals surface area contributed by atoms with Crippen molar-refractivity contribution in [3.8, 4) is 0 Å². The molecule has 2 atom stereocenters. The van der Waals surface area contributed by atoms with E-state index in [1.165, 1.54) is 0 Å². The van der Waals surface area contributed by atoms with E-state index in [1.54, 1.807) is 4.90 Å². The first-order chi connectivity index (χ1) is 7.33. The van der Waals surface area contributed by atoms with Crippen LogP contribution in [0.2, 0.25) is 0 Å². The molecule has 0 aliphatic carbocycles. The van der Waals surface area contributed by atoms with Crippen molar-refractivity contribution in [2.45, 2.75) is 45.8 Å². The first-order valence-electron chi connectivity index (χ1n) is 5.65. The molecule has 1 aliphatic heterocycles. The van der Waals surface area contributed by atoms with Gasteiger partial charge < -0.3 is 14.5 Å². The molecule has 5 nitrogen and oxygen atoms in total. The van der Waals surface area contributed by atoms with Crippen LogP contribution in [0.15, 0.2) is 0 Å². The van der Waals surface area contributed by atoms with Crippen molar-refractivity contribution in [3.05, 3.63) is 0 Å². The molecule has 5 heteroatoms. The lowest BCUT2D eigenvalue weighted by Crippen LogP contribution is -2.42. The van der Waals surface area contributed by atoms with Crippen LogP contribution < -0.4 is 5.90 Å². The van der Waals surface area contributed by atoms with Gasteiger partial charge in [0.25, 0.3) is 0 Å². The Morgan fingerprint density at radius 3 is 2.62 bits per heavy atom. The quantitative estimate of drug-likeness (QED) is 0.730. The minimum Gasteiger partial charge on any atom is -0.444 e. The molecule has 0 spiro atoms. The number of amides is 1. The normalized spacial score (nSPS) is 25.9. The first-order valence-corrected chi connectivity index (χ1v) is 5.65. The van der Waals surface area contributed by atoms with Crippen LogP contribution in [-0.4, -0.2) is 35.8 Å². The van der Waals surface area contributed by atoms with Gasteiger partial charge in [0.05, 0.1) is 12.6 Å². The van der Waals surface area contributed by atoms with E-state index in [0.717, 1.165) is 6.42 Å². The second kappa shape index (κ2) is 5.01. The Bertz CT molecular complexity index is 250. The highest BCUT2D eigenvalue weighted by Gasteiger charge is 2.35. The zero-order valence-electron chi connectivity index (χ0n) is 10.5. The Morgan fingerprint density at radius 1 is 1.50 bits per heavy atom. The summed E-state index contributed by atoms with van der Waals surface area (Å²) < 4.78 is 5.34. The minimum atomic E-state index is -0.461. The maximum absolute atomic E-state index is 11.9. The van der Waals surface area contributed by atoms with Crippen molar-refractivity contribution in [1.29, 1.82) is 0 Å². The van der Waals surface area contributed by atoms with Crippen LogP contribution in [0.4, 0.5) is 4.79 Å². The predicted octanol–water partition coefficient (Wildman–Crippen LogP) is 1.52. The van der Waals surface area contributed by atoms with Crippen molar-refractivity contribution in [2.24, 2.45) is 11.8 Å². The monoisotopic (exact) mass is 230 g/mol. The summed E-state index contributed by atoms with van der Waals surface area (Å²) in [7, 11) is 0. The zero-order valence-corrected chi connectivity index (χ0v) is 10.5. The number of rotatable bonds is 2. The Kier molecular flexibility index (Phi) is 4.15. The SMILES string of the molecule is C[C@H]1C[C@H](CON)N(C(=O)OC(C)(C)C)C1. The van der Waals surface area contributed by atoms with Crippen LogP contribution in [0, 0.1) is 5.92 Å². The van der Waals surface area contributed by atoms with Gasteiger partial charge in [-0.2, -0.15) is 0 Å². The van der Waals surface area contributed by atoms with Gasteiger partial charge in [0.2, 0.25) is 0 Å². The van der Waals surface area contributed by atoms with Crippen molar-refractivity contribution in [3.63, 3.8) is 0 Å². The number of nitrogens with two attached hydrogens (primary N) is 1. The summed E-state index contributed by atoms with van der Waals surface area (Å²) in [6, 6.07) is 0.0369. The van der Waals surface area contributed by atoms with E-state index in [-0.39, 0.29) is 12.1 Å². The highest BCUT2D eigenvalue weighted by molar-refractivity contribution is 5.69. The average Bonchev–Trinajstić information content (AvgIpc) is 2.44. The Balaban J connectivity index is 2.59. The van der Waals surface area contributed by atoms with Gasteiger partial charge in [-0.15, -0.1) is 0 Å². The zero-order chi connectivity index (χ0) is 12.3. The maximum Gasteiger partial charge on any atom is 0.410 e. The number of likely N-dealkylation sites (tertiary alicyclic amines) is 1. The van der Waals surface area contributed by atoms with Crippen LogP contribution >= 0.6 is 0 Å². The third-order valence-electron chi connectivity index (χ3n) is 2.54. The minimum absolute atomic E-state index is 0.0369. The van der Waals surface area contributed by atoms with Gasteiger partial charge in [0.15, 0.2) is 0 Å². The maximum atomic E-state index is 11.9. The molecule has 2 N–H and O–H groups in total. The fourth-order valence-electron chi connectivity index (χ4n) is 1.96. The third kappa shape index (κ3) is 3.64. The van der Waals surface area contributed by atoms with Gasteiger partial charge in [-0.3, -0.25) is 0 Å². The van der Waals surface area contributed by atoms with Gasteiger partial charge in [-0.1, -0.05) is 6.92 Å². The Morgan fingerprint density at radius 2 is 2.12 bits per heavy atom. The van der Waals surface area contributed by atoms with Crippen molar-refractivity contribution in [1.82, 2.24) is 4.90 Å². The molecule has 94 valence electrons. The van der Waals surface area contributed by atoms with Gasteiger partial charge >= 0.3 is 6.09 Å². The third-order valence-corrected chi connectivity index (χ3v) is 2.54. The predicted molar refractivity (Wildman–Crippen MR) is 60.6 cm³/mol. The van der Waals surface area contributed by atoms with Crippen LogP contribution in [0.1, 0.15) is 34.1 Å². The molecule has 0 aromatic carbocycles. The van der Waals surface area contributed by atoms with E-state index < -0.39 is 5.60 Å². The van der Waals surface area contributed by atoms with E-state index in [9.17, 15) is 4.79 Å². The molecule has 0 saturated carbocycles. The highest BCUT2D eigenvalue weighted by atomic mass is 16.6. The molecule has 0 aromatic heterocycles. The van der Waals surface area contributed by atoms with Crippen molar-refractivity contribution in [2.75, 3.05) is 13.2 Å². The second-order valence-corrected chi connectivity index (χ2v) is 5.46. The molecular weight excluding hydrogens is 208 g/mol. The average molecular weight is 230 g/mol. The summed E-state index contributed by atoms with van der Waals surface area (Å²) in [5, 5.41) is 0. The van der Waals surface area contributed by atoms with Crippen molar-refractivity contribution < 1.29 is 14.4 Å². The van der Waals surface area contributed by atoms with Crippen LogP contribution in [0.25, 0.3) is 0 Å². The summed E-state index contributed by atoms with van der Waals surface area (Å²) in [5.74, 6) is 5.53. The van der Waals surface area contributed by atoms with Crippen LogP contribution in [0.3, 0.4) is 0 Å². The standard InChI is InChI=1S/C11H22N2O3/c1-8-5-9(7-15-12)13(6-8)10(14)16-11(2,3)4/h8-9H,5-7,12H2,1-4H3/t8-,9+/m0/s1. The lowest BCUT2D eigenvalue weighted by molar-refractivity contribution is 0.0104. The topological polar surface area (TPSA) is 64.8 Å². The molecule has 0 unspecified atom stereocenters. The number of nitrogens with zero attached hydrogens (tertiary/aromatic N) is 1. The number of hydrogen-bond donors (Lipinski definition) is 1. The molecule has 16 heavy (non-hydrogen) atoms. The van der Waals surface area contributed by atoms with E-state index >= 15 is 0 Å². The first kappa shape index (κ1) is 13.3. The van der Waals surface area contributed by atoms with E-state index in [2.05, 4.69) is 11.8 Å². The summed E-state index contributed by atoms with van der Waals surface area (Å²) >= 11 is 0. The fraction of sp³-hybridized carbons (Fsp3) is 0.909. The molecular formula is C11H22N2O3. The molecule has 0 bridgehead atoms. The molecule has 1 heterocycles. The molecule has 1 aliphatic rings.